The summed E-state index contributed by atoms with van der Waals surface area (Å²) in [6.07, 6.45) is 3.37. The van der Waals surface area contributed by atoms with E-state index in [1.165, 1.54) is 31.0 Å². The number of rotatable bonds is 6. The maximum Gasteiger partial charge on any atom is 0.345 e. The molecule has 26 heavy (non-hydrogen) atoms. The molecule has 5 heteroatoms. The molecule has 1 aliphatic carbocycles. The summed E-state index contributed by atoms with van der Waals surface area (Å²) in [6, 6.07) is 11.4. The molecule has 0 radical (unpaired) electrons. The molecule has 0 aliphatic heterocycles. The zero-order valence-corrected chi connectivity index (χ0v) is 15.6. The molecule has 1 fully saturated rings. The van der Waals surface area contributed by atoms with Crippen LogP contribution in [0.1, 0.15) is 47.9 Å². The van der Waals surface area contributed by atoms with E-state index in [0.717, 1.165) is 23.3 Å². The lowest BCUT2D eigenvalue weighted by Gasteiger charge is -2.20. The SMILES string of the molecule is CCc1ccc(OCc2cc(C3CC3)ccc2N(O)C(=O)NC)c(C)c1. The highest BCUT2D eigenvalue weighted by molar-refractivity contribution is 5.90. The van der Waals surface area contributed by atoms with Gasteiger partial charge in [0.15, 0.2) is 0 Å². The lowest BCUT2D eigenvalue weighted by atomic mass is 10.1. The van der Waals surface area contributed by atoms with E-state index in [1.54, 1.807) is 6.07 Å². The van der Waals surface area contributed by atoms with Crippen molar-refractivity contribution in [2.75, 3.05) is 12.1 Å². The highest BCUT2D eigenvalue weighted by Gasteiger charge is 2.25. The van der Waals surface area contributed by atoms with Crippen molar-refractivity contribution in [1.82, 2.24) is 5.32 Å². The number of carbonyl (C=O) groups excluding carboxylic acids is 1. The minimum atomic E-state index is -0.575. The number of ether oxygens (including phenoxy) is 1. The van der Waals surface area contributed by atoms with Crippen LogP contribution in [0, 0.1) is 6.92 Å². The van der Waals surface area contributed by atoms with Crippen molar-refractivity contribution >= 4 is 11.7 Å². The van der Waals surface area contributed by atoms with Gasteiger partial charge in [0, 0.05) is 12.6 Å². The van der Waals surface area contributed by atoms with Gasteiger partial charge in [-0.3, -0.25) is 5.21 Å². The average molecular weight is 354 g/mol. The summed E-state index contributed by atoms with van der Waals surface area (Å²) in [5, 5.41) is 13.3. The number of hydrogen-bond acceptors (Lipinski definition) is 3. The fourth-order valence-corrected chi connectivity index (χ4v) is 3.06. The third-order valence-electron chi connectivity index (χ3n) is 4.82. The molecule has 2 aromatic carbocycles. The predicted octanol–water partition coefficient (Wildman–Crippen LogP) is 4.55. The molecule has 1 saturated carbocycles. The van der Waals surface area contributed by atoms with Crippen LogP contribution in [0.25, 0.3) is 0 Å². The van der Waals surface area contributed by atoms with Crippen LogP contribution < -0.4 is 15.1 Å². The molecule has 2 aromatic rings. The second-order valence-electron chi connectivity index (χ2n) is 6.77. The fraction of sp³-hybridized carbons (Fsp3) is 0.381. The number of aryl methyl sites for hydroxylation is 2. The molecular formula is C21H26N2O3. The predicted molar refractivity (Wildman–Crippen MR) is 102 cm³/mol. The smallest absolute Gasteiger partial charge is 0.345 e. The highest BCUT2D eigenvalue weighted by Crippen LogP contribution is 2.41. The van der Waals surface area contributed by atoms with Crippen molar-refractivity contribution in [1.29, 1.82) is 0 Å². The minimum absolute atomic E-state index is 0.288. The van der Waals surface area contributed by atoms with Gasteiger partial charge < -0.3 is 10.1 Å². The van der Waals surface area contributed by atoms with E-state index in [0.29, 0.717) is 16.7 Å². The first kappa shape index (κ1) is 18.3. The molecule has 2 N–H and O–H groups in total. The Morgan fingerprint density at radius 1 is 1.27 bits per heavy atom. The number of benzene rings is 2. The lowest BCUT2D eigenvalue weighted by Crippen LogP contribution is -2.36. The average Bonchev–Trinajstić information content (AvgIpc) is 3.50. The first-order valence-electron chi connectivity index (χ1n) is 9.09. The summed E-state index contributed by atoms with van der Waals surface area (Å²) < 4.78 is 6.01. The minimum Gasteiger partial charge on any atom is -0.489 e. The van der Waals surface area contributed by atoms with Gasteiger partial charge in [0.25, 0.3) is 0 Å². The summed E-state index contributed by atoms with van der Waals surface area (Å²) in [4.78, 5) is 11.8. The molecule has 5 nitrogen and oxygen atoms in total. The van der Waals surface area contributed by atoms with Gasteiger partial charge in [-0.1, -0.05) is 25.1 Å². The number of anilines is 1. The van der Waals surface area contributed by atoms with Gasteiger partial charge in [0.05, 0.1) is 5.69 Å². The topological polar surface area (TPSA) is 61.8 Å². The summed E-state index contributed by atoms with van der Waals surface area (Å²) in [7, 11) is 1.49. The van der Waals surface area contributed by atoms with Crippen LogP contribution in [-0.2, 0) is 13.0 Å². The quantitative estimate of drug-likeness (QED) is 0.591. The zero-order chi connectivity index (χ0) is 18.7. The lowest BCUT2D eigenvalue weighted by molar-refractivity contribution is 0.205. The van der Waals surface area contributed by atoms with Gasteiger partial charge in [-0.25, -0.2) is 4.79 Å². The molecule has 0 atom stereocenters. The molecule has 1 aliphatic rings. The molecule has 138 valence electrons. The Morgan fingerprint density at radius 2 is 2.04 bits per heavy atom. The largest absolute Gasteiger partial charge is 0.489 e. The van der Waals surface area contributed by atoms with Gasteiger partial charge in [0.1, 0.15) is 12.4 Å². The Balaban J connectivity index is 1.84. The molecule has 0 unspecified atom stereocenters. The summed E-state index contributed by atoms with van der Waals surface area (Å²) in [6.45, 7) is 4.44. The van der Waals surface area contributed by atoms with E-state index in [9.17, 15) is 10.0 Å². The van der Waals surface area contributed by atoms with E-state index in [-0.39, 0.29) is 6.61 Å². The summed E-state index contributed by atoms with van der Waals surface area (Å²) >= 11 is 0. The Kier molecular flexibility index (Phi) is 5.47. The molecule has 0 bridgehead atoms. The molecule has 0 saturated heterocycles. The molecular weight excluding hydrogens is 328 g/mol. The van der Waals surface area contributed by atoms with Crippen molar-refractivity contribution in [3.63, 3.8) is 0 Å². The molecule has 0 heterocycles. The second kappa shape index (κ2) is 7.79. The van der Waals surface area contributed by atoms with Crippen LogP contribution in [0.5, 0.6) is 5.75 Å². The standard InChI is InChI=1S/C21H26N2O3/c1-4-15-5-10-20(14(2)11-15)26-13-18-12-17(16-6-7-16)8-9-19(18)23(25)21(24)22-3/h5,8-12,16,25H,4,6-7,13H2,1-3H3,(H,22,24). The van der Waals surface area contributed by atoms with E-state index >= 15 is 0 Å². The molecule has 0 aromatic heterocycles. The van der Waals surface area contributed by atoms with Gasteiger partial charge in [0.2, 0.25) is 0 Å². The second-order valence-corrected chi connectivity index (χ2v) is 6.77. The molecule has 0 spiro atoms. The number of nitrogens with zero attached hydrogens (tertiary/aromatic N) is 1. The number of urea groups is 1. The van der Waals surface area contributed by atoms with E-state index < -0.39 is 6.03 Å². The van der Waals surface area contributed by atoms with Gasteiger partial charge in [-0.15, -0.1) is 0 Å². The number of carbonyl (C=O) groups is 1. The highest BCUT2D eigenvalue weighted by atomic mass is 16.5. The van der Waals surface area contributed by atoms with Crippen molar-refractivity contribution in [3.05, 3.63) is 58.7 Å². The van der Waals surface area contributed by atoms with Crippen LogP contribution in [0.15, 0.2) is 36.4 Å². The van der Waals surface area contributed by atoms with E-state index in [2.05, 4.69) is 24.4 Å². The maximum atomic E-state index is 11.8. The summed E-state index contributed by atoms with van der Waals surface area (Å²) in [5.41, 5.74) is 4.82. The Labute approximate surface area is 154 Å². The van der Waals surface area contributed by atoms with Crippen LogP contribution in [0.2, 0.25) is 0 Å². The maximum absolute atomic E-state index is 11.8. The monoisotopic (exact) mass is 354 g/mol. The first-order chi connectivity index (χ1) is 12.5. The zero-order valence-electron chi connectivity index (χ0n) is 15.6. The van der Waals surface area contributed by atoms with Crippen molar-refractivity contribution in [2.24, 2.45) is 0 Å². The van der Waals surface area contributed by atoms with Crippen LogP contribution in [0.3, 0.4) is 0 Å². The number of hydroxylamine groups is 1. The third kappa shape index (κ3) is 3.99. The number of amides is 2. The van der Waals surface area contributed by atoms with Gasteiger partial charge in [-0.05, 0) is 67.0 Å². The van der Waals surface area contributed by atoms with Crippen LogP contribution in [-0.4, -0.2) is 18.3 Å². The number of hydrogen-bond donors (Lipinski definition) is 2. The fourth-order valence-electron chi connectivity index (χ4n) is 3.06. The van der Waals surface area contributed by atoms with Gasteiger partial charge >= 0.3 is 6.03 Å². The van der Waals surface area contributed by atoms with Crippen LogP contribution in [0.4, 0.5) is 10.5 Å². The Bertz CT molecular complexity index is 800. The molecule has 3 rings (SSSR count). The van der Waals surface area contributed by atoms with Crippen molar-refractivity contribution in [3.8, 4) is 5.75 Å². The third-order valence-corrected chi connectivity index (χ3v) is 4.82. The number of nitrogens with one attached hydrogen (secondary N) is 1. The van der Waals surface area contributed by atoms with Crippen LogP contribution >= 0.6 is 0 Å². The molecule has 2 amide bonds. The van der Waals surface area contributed by atoms with Crippen molar-refractivity contribution in [2.45, 2.75) is 45.6 Å². The van der Waals surface area contributed by atoms with Gasteiger partial charge in [-0.2, -0.15) is 5.06 Å². The first-order valence-corrected chi connectivity index (χ1v) is 9.09. The Hall–Kier alpha value is -2.53. The van der Waals surface area contributed by atoms with E-state index in [4.69, 9.17) is 4.74 Å². The Morgan fingerprint density at radius 3 is 2.65 bits per heavy atom. The normalized spacial score (nSPS) is 13.4. The van der Waals surface area contributed by atoms with Crippen molar-refractivity contribution < 1.29 is 14.7 Å². The summed E-state index contributed by atoms with van der Waals surface area (Å²) in [5.74, 6) is 1.40. The van der Waals surface area contributed by atoms with E-state index in [1.807, 2.05) is 25.1 Å².